The number of amides is 2. The Bertz CT molecular complexity index is 587. The third-order valence-electron chi connectivity index (χ3n) is 4.13. The predicted molar refractivity (Wildman–Crippen MR) is 81.7 cm³/mol. The van der Waals surface area contributed by atoms with E-state index in [0.717, 1.165) is 32.4 Å². The molecule has 2 fully saturated rings. The van der Waals surface area contributed by atoms with Crippen molar-refractivity contribution < 1.29 is 9.59 Å². The van der Waals surface area contributed by atoms with Crippen LogP contribution in [0, 0.1) is 0 Å². The van der Waals surface area contributed by atoms with Gasteiger partial charge < -0.3 is 9.80 Å². The fourth-order valence-electron chi connectivity index (χ4n) is 2.83. The smallest absolute Gasteiger partial charge is 0.256 e. The van der Waals surface area contributed by atoms with Gasteiger partial charge in [0.1, 0.15) is 6.04 Å². The molecule has 2 heterocycles. The molecule has 1 aromatic rings. The zero-order chi connectivity index (χ0) is 15.0. The van der Waals surface area contributed by atoms with Crippen molar-refractivity contribution in [3.05, 3.63) is 33.8 Å². The molecule has 2 saturated heterocycles. The van der Waals surface area contributed by atoms with E-state index < -0.39 is 0 Å². The van der Waals surface area contributed by atoms with Crippen molar-refractivity contribution in [2.24, 2.45) is 0 Å². The molecule has 2 amide bonds. The normalized spacial score (nSPS) is 21.3. The Morgan fingerprint density at radius 1 is 1.10 bits per heavy atom. The quantitative estimate of drug-likeness (QED) is 0.838. The van der Waals surface area contributed by atoms with Crippen LogP contribution in [0.3, 0.4) is 0 Å². The molecule has 2 aliphatic heterocycles. The molecule has 2 aliphatic rings. The molecule has 6 heteroatoms. The van der Waals surface area contributed by atoms with Crippen molar-refractivity contribution in [1.82, 2.24) is 9.80 Å². The van der Waals surface area contributed by atoms with Crippen molar-refractivity contribution in [2.45, 2.75) is 25.3 Å². The summed E-state index contributed by atoms with van der Waals surface area (Å²) in [6.45, 7) is 2.19. The first-order chi connectivity index (χ1) is 10.1. The molecule has 0 saturated carbocycles. The van der Waals surface area contributed by atoms with Crippen molar-refractivity contribution in [1.29, 1.82) is 0 Å². The second-order valence-electron chi connectivity index (χ2n) is 5.46. The molecule has 0 aromatic heterocycles. The predicted octanol–water partition coefficient (Wildman–Crippen LogP) is 2.83. The second-order valence-corrected chi connectivity index (χ2v) is 6.30. The van der Waals surface area contributed by atoms with E-state index in [2.05, 4.69) is 0 Å². The number of rotatable bonds is 2. The Balaban J connectivity index is 1.82. The number of likely N-dealkylation sites (tertiary alicyclic amines) is 2. The number of hydrogen-bond acceptors (Lipinski definition) is 2. The SMILES string of the molecule is O=C(C1CCCN1C(=O)c1cc(Cl)ccc1Cl)N1CCC1. The number of carbonyl (C=O) groups excluding carboxylic acids is 2. The lowest BCUT2D eigenvalue weighted by atomic mass is 10.1. The Hall–Kier alpha value is -1.26. The molecule has 21 heavy (non-hydrogen) atoms. The summed E-state index contributed by atoms with van der Waals surface area (Å²) in [5.74, 6) is -0.149. The molecule has 4 nitrogen and oxygen atoms in total. The van der Waals surface area contributed by atoms with Gasteiger partial charge >= 0.3 is 0 Å². The van der Waals surface area contributed by atoms with E-state index in [9.17, 15) is 9.59 Å². The van der Waals surface area contributed by atoms with Crippen LogP contribution >= 0.6 is 23.2 Å². The highest BCUT2D eigenvalue weighted by atomic mass is 35.5. The van der Waals surface area contributed by atoms with Crippen LogP contribution in [0.15, 0.2) is 18.2 Å². The van der Waals surface area contributed by atoms with Gasteiger partial charge in [-0.3, -0.25) is 9.59 Å². The topological polar surface area (TPSA) is 40.6 Å². The van der Waals surface area contributed by atoms with E-state index in [1.54, 1.807) is 23.1 Å². The van der Waals surface area contributed by atoms with Gasteiger partial charge in [0.15, 0.2) is 0 Å². The standard InChI is InChI=1S/C15H16Cl2N2O2/c16-10-4-5-12(17)11(9-10)14(20)19-8-1-3-13(19)15(21)18-6-2-7-18/h4-5,9,13H,1-3,6-8H2. The third-order valence-corrected chi connectivity index (χ3v) is 4.69. The molecule has 0 bridgehead atoms. The molecule has 0 aliphatic carbocycles. The van der Waals surface area contributed by atoms with Gasteiger partial charge in [0.25, 0.3) is 5.91 Å². The molecule has 0 radical (unpaired) electrons. The Kier molecular flexibility index (Phi) is 4.09. The van der Waals surface area contributed by atoms with Crippen LogP contribution < -0.4 is 0 Å². The van der Waals surface area contributed by atoms with E-state index >= 15 is 0 Å². The van der Waals surface area contributed by atoms with Crippen LogP contribution in [0.2, 0.25) is 10.0 Å². The number of halogens is 2. The van der Waals surface area contributed by atoms with Crippen LogP contribution in [-0.2, 0) is 4.79 Å². The van der Waals surface area contributed by atoms with Crippen LogP contribution in [0.4, 0.5) is 0 Å². The minimum Gasteiger partial charge on any atom is -0.341 e. The highest BCUT2D eigenvalue weighted by Crippen LogP contribution is 2.27. The largest absolute Gasteiger partial charge is 0.341 e. The zero-order valence-electron chi connectivity index (χ0n) is 11.5. The fourth-order valence-corrected chi connectivity index (χ4v) is 3.20. The summed E-state index contributed by atoms with van der Waals surface area (Å²) in [5.41, 5.74) is 0.368. The summed E-state index contributed by atoms with van der Waals surface area (Å²) >= 11 is 12.0. The Morgan fingerprint density at radius 3 is 2.52 bits per heavy atom. The molecular formula is C15H16Cl2N2O2. The molecule has 1 aromatic carbocycles. The van der Waals surface area contributed by atoms with Crippen molar-refractivity contribution in [3.63, 3.8) is 0 Å². The maximum atomic E-state index is 12.7. The molecule has 112 valence electrons. The van der Waals surface area contributed by atoms with E-state index in [1.807, 2.05) is 4.90 Å². The highest BCUT2D eigenvalue weighted by molar-refractivity contribution is 6.35. The van der Waals surface area contributed by atoms with Crippen LogP contribution in [0.1, 0.15) is 29.6 Å². The van der Waals surface area contributed by atoms with Crippen LogP contribution in [-0.4, -0.2) is 47.3 Å². The summed E-state index contributed by atoms with van der Waals surface area (Å²) in [6, 6.07) is 4.47. The van der Waals surface area contributed by atoms with E-state index in [1.165, 1.54) is 0 Å². The van der Waals surface area contributed by atoms with Crippen LogP contribution in [0.5, 0.6) is 0 Å². The van der Waals surface area contributed by atoms with Gasteiger partial charge in [0.2, 0.25) is 5.91 Å². The summed E-state index contributed by atoms with van der Waals surface area (Å²) in [4.78, 5) is 28.5. The minimum atomic E-state index is -0.354. The lowest BCUT2D eigenvalue weighted by Gasteiger charge is -2.35. The minimum absolute atomic E-state index is 0.0604. The number of carbonyl (C=O) groups is 2. The van der Waals surface area contributed by atoms with Gasteiger partial charge in [-0.2, -0.15) is 0 Å². The van der Waals surface area contributed by atoms with Crippen molar-refractivity contribution >= 4 is 35.0 Å². The fraction of sp³-hybridized carbons (Fsp3) is 0.467. The van der Waals surface area contributed by atoms with Gasteiger partial charge in [0.05, 0.1) is 10.6 Å². The molecule has 0 N–H and O–H groups in total. The highest BCUT2D eigenvalue weighted by Gasteiger charge is 2.38. The average molecular weight is 327 g/mol. The first-order valence-electron chi connectivity index (χ1n) is 7.13. The number of benzene rings is 1. The van der Waals surface area contributed by atoms with Crippen LogP contribution in [0.25, 0.3) is 0 Å². The summed E-state index contributed by atoms with van der Waals surface area (Å²) < 4.78 is 0. The monoisotopic (exact) mass is 326 g/mol. The lowest BCUT2D eigenvalue weighted by Crippen LogP contribution is -2.52. The van der Waals surface area contributed by atoms with Gasteiger partial charge in [0, 0.05) is 24.7 Å². The second kappa shape index (κ2) is 5.85. The summed E-state index contributed by atoms with van der Waals surface area (Å²) in [5, 5.41) is 0.832. The number of nitrogens with zero attached hydrogens (tertiary/aromatic N) is 2. The first-order valence-corrected chi connectivity index (χ1v) is 7.88. The molecule has 1 unspecified atom stereocenters. The number of hydrogen-bond donors (Lipinski definition) is 0. The van der Waals surface area contributed by atoms with Gasteiger partial charge in [-0.1, -0.05) is 23.2 Å². The molecule has 3 rings (SSSR count). The van der Waals surface area contributed by atoms with E-state index in [-0.39, 0.29) is 17.9 Å². The van der Waals surface area contributed by atoms with Gasteiger partial charge in [-0.25, -0.2) is 0 Å². The average Bonchev–Trinajstić information content (AvgIpc) is 2.88. The van der Waals surface area contributed by atoms with Crippen molar-refractivity contribution in [2.75, 3.05) is 19.6 Å². The molecule has 0 spiro atoms. The zero-order valence-corrected chi connectivity index (χ0v) is 13.0. The van der Waals surface area contributed by atoms with E-state index in [4.69, 9.17) is 23.2 Å². The van der Waals surface area contributed by atoms with E-state index in [0.29, 0.717) is 22.2 Å². The molecule has 1 atom stereocenters. The van der Waals surface area contributed by atoms with Gasteiger partial charge in [-0.15, -0.1) is 0 Å². The summed E-state index contributed by atoms with van der Waals surface area (Å²) in [7, 11) is 0. The first kappa shape index (κ1) is 14.7. The molecular weight excluding hydrogens is 311 g/mol. The maximum Gasteiger partial charge on any atom is 0.256 e. The lowest BCUT2D eigenvalue weighted by molar-refractivity contribution is -0.138. The Morgan fingerprint density at radius 2 is 1.86 bits per heavy atom. The third kappa shape index (κ3) is 2.74. The van der Waals surface area contributed by atoms with Crippen molar-refractivity contribution in [3.8, 4) is 0 Å². The Labute approximate surface area is 133 Å². The maximum absolute atomic E-state index is 12.7. The summed E-state index contributed by atoms with van der Waals surface area (Å²) in [6.07, 6.45) is 2.61. The van der Waals surface area contributed by atoms with Gasteiger partial charge in [-0.05, 0) is 37.5 Å².